The number of nitrogens with zero attached hydrogens (tertiary/aromatic N) is 2. The molecule has 0 saturated carbocycles. The number of carbonyl (C=O) groups is 1. The van der Waals surface area contributed by atoms with Crippen molar-refractivity contribution in [1.82, 2.24) is 10.2 Å². The number of ether oxygens (including phenoxy) is 2. The van der Waals surface area contributed by atoms with Crippen LogP contribution in [0.3, 0.4) is 0 Å². The Balaban J connectivity index is 2.05. The Labute approximate surface area is 194 Å². The fourth-order valence-electron chi connectivity index (χ4n) is 3.02. The van der Waals surface area contributed by atoms with Gasteiger partial charge in [-0.05, 0) is 49.7 Å². The molecule has 0 aliphatic heterocycles. The van der Waals surface area contributed by atoms with Gasteiger partial charge in [-0.15, -0.1) is 10.2 Å². The predicted octanol–water partition coefficient (Wildman–Crippen LogP) is 5.28. The lowest BCUT2D eigenvalue weighted by Gasteiger charge is -2.16. The SMILES string of the molecule is CCOc1cccc(Oc2nnc(C(F)(F)F)c(C)c2C(=O)Nc2cccc(S(C)(=N)=O)c2)c1. The summed E-state index contributed by atoms with van der Waals surface area (Å²) < 4.78 is 71.1. The highest BCUT2D eigenvalue weighted by molar-refractivity contribution is 7.91. The van der Waals surface area contributed by atoms with Crippen molar-refractivity contribution in [1.29, 1.82) is 4.78 Å². The number of benzene rings is 2. The maximum Gasteiger partial charge on any atom is 0.435 e. The molecule has 0 radical (unpaired) electrons. The molecule has 1 unspecified atom stereocenters. The van der Waals surface area contributed by atoms with Gasteiger partial charge in [0.05, 0.1) is 16.3 Å². The Bertz CT molecular complexity index is 1330. The number of rotatable bonds is 7. The summed E-state index contributed by atoms with van der Waals surface area (Å²) in [6, 6.07) is 12.0. The molecule has 34 heavy (non-hydrogen) atoms. The summed E-state index contributed by atoms with van der Waals surface area (Å²) in [6.07, 6.45) is -3.64. The third-order valence-corrected chi connectivity index (χ3v) is 5.71. The Morgan fingerprint density at radius 3 is 2.44 bits per heavy atom. The largest absolute Gasteiger partial charge is 0.494 e. The molecule has 1 atom stereocenters. The zero-order chi connectivity index (χ0) is 25.1. The van der Waals surface area contributed by atoms with Crippen LogP contribution in [0.15, 0.2) is 53.4 Å². The minimum atomic E-state index is -4.85. The Morgan fingerprint density at radius 1 is 1.12 bits per heavy atom. The molecule has 0 saturated heterocycles. The molecule has 0 aliphatic carbocycles. The van der Waals surface area contributed by atoms with Crippen molar-refractivity contribution in [3.63, 3.8) is 0 Å². The standard InChI is InChI=1S/C22H21F3N4O4S/c1-4-32-15-8-6-9-16(12-15)33-21-18(13(2)19(28-29-21)22(23,24)25)20(30)27-14-7-5-10-17(11-14)34(3,26)31/h5-12,26H,4H2,1-3H3,(H,27,30). The van der Waals surface area contributed by atoms with E-state index >= 15 is 0 Å². The molecule has 1 amide bonds. The van der Waals surface area contributed by atoms with E-state index < -0.39 is 44.5 Å². The van der Waals surface area contributed by atoms with E-state index in [4.69, 9.17) is 14.3 Å². The van der Waals surface area contributed by atoms with E-state index in [-0.39, 0.29) is 16.3 Å². The molecular weight excluding hydrogens is 473 g/mol. The molecule has 1 aromatic heterocycles. The van der Waals surface area contributed by atoms with Crippen LogP contribution in [0, 0.1) is 11.7 Å². The molecule has 0 fully saturated rings. The zero-order valence-corrected chi connectivity index (χ0v) is 19.2. The molecule has 0 bridgehead atoms. The predicted molar refractivity (Wildman–Crippen MR) is 119 cm³/mol. The number of aromatic nitrogens is 2. The van der Waals surface area contributed by atoms with E-state index in [1.807, 2.05) is 0 Å². The van der Waals surface area contributed by atoms with Gasteiger partial charge in [0.15, 0.2) is 5.69 Å². The third-order valence-electron chi connectivity index (χ3n) is 4.55. The summed E-state index contributed by atoms with van der Waals surface area (Å²) >= 11 is 0. The second-order valence-electron chi connectivity index (χ2n) is 7.19. The molecule has 180 valence electrons. The molecular formula is C22H21F3N4O4S. The second-order valence-corrected chi connectivity index (χ2v) is 9.35. The van der Waals surface area contributed by atoms with E-state index in [1.165, 1.54) is 42.7 Å². The quantitative estimate of drug-likeness (QED) is 0.462. The maximum atomic E-state index is 13.5. The molecule has 3 rings (SSSR count). The fourth-order valence-corrected chi connectivity index (χ4v) is 3.71. The van der Waals surface area contributed by atoms with Gasteiger partial charge < -0.3 is 14.8 Å². The lowest BCUT2D eigenvalue weighted by molar-refractivity contribution is -0.142. The minimum Gasteiger partial charge on any atom is -0.494 e. The van der Waals surface area contributed by atoms with Gasteiger partial charge in [-0.3, -0.25) is 4.79 Å². The maximum absolute atomic E-state index is 13.5. The topological polar surface area (TPSA) is 114 Å². The van der Waals surface area contributed by atoms with Crippen LogP contribution in [0.5, 0.6) is 17.4 Å². The van der Waals surface area contributed by atoms with Crippen LogP contribution in [0.25, 0.3) is 0 Å². The van der Waals surface area contributed by atoms with Crippen LogP contribution in [-0.2, 0) is 15.9 Å². The van der Waals surface area contributed by atoms with Gasteiger partial charge >= 0.3 is 6.18 Å². The van der Waals surface area contributed by atoms with Gasteiger partial charge in [0, 0.05) is 22.9 Å². The fraction of sp³-hybridized carbons (Fsp3) is 0.227. The molecule has 0 spiro atoms. The van der Waals surface area contributed by atoms with Gasteiger partial charge in [-0.25, -0.2) is 8.99 Å². The summed E-state index contributed by atoms with van der Waals surface area (Å²) in [6.45, 7) is 3.26. The molecule has 3 aromatic rings. The summed E-state index contributed by atoms with van der Waals surface area (Å²) in [5.41, 5.74) is -2.15. The van der Waals surface area contributed by atoms with Crippen molar-refractivity contribution in [2.45, 2.75) is 24.9 Å². The summed E-state index contributed by atoms with van der Waals surface area (Å²) in [5.74, 6) is -0.750. The molecule has 12 heteroatoms. The van der Waals surface area contributed by atoms with Crippen LogP contribution < -0.4 is 14.8 Å². The third kappa shape index (κ3) is 5.81. The van der Waals surface area contributed by atoms with Gasteiger partial charge in [0.2, 0.25) is 0 Å². The molecule has 2 N–H and O–H groups in total. The monoisotopic (exact) mass is 494 g/mol. The van der Waals surface area contributed by atoms with Crippen LogP contribution in [0.2, 0.25) is 0 Å². The highest BCUT2D eigenvalue weighted by atomic mass is 32.2. The molecule has 2 aromatic carbocycles. The number of hydrogen-bond donors (Lipinski definition) is 2. The Kier molecular flexibility index (Phi) is 7.10. The molecule has 1 heterocycles. The first-order chi connectivity index (χ1) is 15.9. The van der Waals surface area contributed by atoms with Crippen molar-refractivity contribution in [2.75, 3.05) is 18.2 Å². The highest BCUT2D eigenvalue weighted by Crippen LogP contribution is 2.35. The van der Waals surface area contributed by atoms with Crippen molar-refractivity contribution < 1.29 is 31.6 Å². The van der Waals surface area contributed by atoms with Gasteiger partial charge in [-0.1, -0.05) is 12.1 Å². The van der Waals surface area contributed by atoms with E-state index in [9.17, 15) is 22.2 Å². The normalized spacial score (nSPS) is 13.1. The summed E-state index contributed by atoms with van der Waals surface area (Å²) in [5, 5.41) is 9.21. The Morgan fingerprint density at radius 2 is 1.79 bits per heavy atom. The van der Waals surface area contributed by atoms with Gasteiger partial charge in [0.25, 0.3) is 11.8 Å². The molecule has 0 aliphatic rings. The highest BCUT2D eigenvalue weighted by Gasteiger charge is 2.38. The minimum absolute atomic E-state index is 0.137. The number of hydrogen-bond acceptors (Lipinski definition) is 7. The average molecular weight is 494 g/mol. The van der Waals surface area contributed by atoms with Crippen LogP contribution >= 0.6 is 0 Å². The number of alkyl halides is 3. The van der Waals surface area contributed by atoms with Crippen LogP contribution in [-0.4, -0.2) is 33.2 Å². The molecule has 8 nitrogen and oxygen atoms in total. The van der Waals surface area contributed by atoms with Crippen molar-refractivity contribution in [2.24, 2.45) is 0 Å². The number of amides is 1. The van der Waals surface area contributed by atoms with Crippen molar-refractivity contribution >= 4 is 21.3 Å². The summed E-state index contributed by atoms with van der Waals surface area (Å²) in [7, 11) is -3.08. The smallest absolute Gasteiger partial charge is 0.435 e. The lowest BCUT2D eigenvalue weighted by Crippen LogP contribution is -2.21. The van der Waals surface area contributed by atoms with Gasteiger partial charge in [0.1, 0.15) is 17.1 Å². The van der Waals surface area contributed by atoms with E-state index in [1.54, 1.807) is 19.1 Å². The van der Waals surface area contributed by atoms with Crippen LogP contribution in [0.1, 0.15) is 28.5 Å². The van der Waals surface area contributed by atoms with E-state index in [0.717, 1.165) is 6.92 Å². The summed E-state index contributed by atoms with van der Waals surface area (Å²) in [4.78, 5) is 13.2. The zero-order valence-electron chi connectivity index (χ0n) is 18.4. The van der Waals surface area contributed by atoms with E-state index in [0.29, 0.717) is 12.4 Å². The number of nitrogens with one attached hydrogen (secondary N) is 2. The first kappa shape index (κ1) is 25.0. The van der Waals surface area contributed by atoms with Crippen molar-refractivity contribution in [3.05, 3.63) is 65.4 Å². The second kappa shape index (κ2) is 9.67. The number of carbonyl (C=O) groups excluding carboxylic acids is 1. The van der Waals surface area contributed by atoms with Crippen LogP contribution in [0.4, 0.5) is 18.9 Å². The number of halogens is 3. The Hall–Kier alpha value is -3.67. The average Bonchev–Trinajstić information content (AvgIpc) is 2.73. The first-order valence-electron chi connectivity index (χ1n) is 9.90. The first-order valence-corrected chi connectivity index (χ1v) is 11.9. The lowest BCUT2D eigenvalue weighted by atomic mass is 10.1. The van der Waals surface area contributed by atoms with Crippen molar-refractivity contribution in [3.8, 4) is 17.4 Å². The van der Waals surface area contributed by atoms with E-state index in [2.05, 4.69) is 15.5 Å². The number of anilines is 1. The van der Waals surface area contributed by atoms with Gasteiger partial charge in [-0.2, -0.15) is 13.2 Å².